The van der Waals surface area contributed by atoms with Gasteiger partial charge in [-0.05, 0) is 31.2 Å². The predicted octanol–water partition coefficient (Wildman–Crippen LogP) is 4.54. The molecule has 0 spiro atoms. The van der Waals surface area contributed by atoms with E-state index in [1.54, 1.807) is 13.0 Å². The third-order valence-corrected chi connectivity index (χ3v) is 3.09. The Labute approximate surface area is 118 Å². The van der Waals surface area contributed by atoms with E-state index >= 15 is 0 Å². The molecule has 1 atom stereocenters. The van der Waals surface area contributed by atoms with E-state index in [2.05, 4.69) is 15.9 Å². The summed E-state index contributed by atoms with van der Waals surface area (Å²) in [5.41, 5.74) is 6.24. The van der Waals surface area contributed by atoms with Crippen LogP contribution in [0, 0.1) is 11.6 Å². The largest absolute Gasteiger partial charge is 0.451 e. The molecular formula is C14H12BrF2NO. The van der Waals surface area contributed by atoms with Crippen molar-refractivity contribution in [3.63, 3.8) is 0 Å². The highest BCUT2D eigenvalue weighted by Gasteiger charge is 2.15. The summed E-state index contributed by atoms with van der Waals surface area (Å²) in [5.74, 6) is -1.24. The lowest BCUT2D eigenvalue weighted by Gasteiger charge is -2.15. The quantitative estimate of drug-likeness (QED) is 0.898. The minimum atomic E-state index is -0.575. The van der Waals surface area contributed by atoms with Gasteiger partial charge >= 0.3 is 0 Å². The van der Waals surface area contributed by atoms with E-state index in [0.717, 1.165) is 0 Å². The Morgan fingerprint density at radius 3 is 2.58 bits per heavy atom. The van der Waals surface area contributed by atoms with Crippen molar-refractivity contribution in [2.45, 2.75) is 13.0 Å². The second-order valence-corrected chi connectivity index (χ2v) is 5.04. The van der Waals surface area contributed by atoms with Crippen LogP contribution in [0.3, 0.4) is 0 Å². The summed E-state index contributed by atoms with van der Waals surface area (Å²) >= 11 is 3.21. The molecule has 0 aliphatic carbocycles. The molecule has 0 aliphatic rings. The van der Waals surface area contributed by atoms with Crippen LogP contribution in [0.5, 0.6) is 11.5 Å². The second-order valence-electron chi connectivity index (χ2n) is 4.12. The van der Waals surface area contributed by atoms with Gasteiger partial charge in [0.1, 0.15) is 0 Å². The smallest absolute Gasteiger partial charge is 0.167 e. The number of nitrogens with two attached hydrogens (primary N) is 1. The van der Waals surface area contributed by atoms with Crippen molar-refractivity contribution < 1.29 is 13.5 Å². The van der Waals surface area contributed by atoms with Crippen LogP contribution in [0.15, 0.2) is 40.9 Å². The monoisotopic (exact) mass is 327 g/mol. The molecule has 0 bridgehead atoms. The Bertz CT molecular complexity index is 602. The molecule has 0 aromatic heterocycles. The lowest BCUT2D eigenvalue weighted by atomic mass is 10.1. The SMILES string of the molecule is C[C@@H](N)c1cccc(F)c1Oc1cc(Br)ccc1F. The van der Waals surface area contributed by atoms with Gasteiger partial charge in [0, 0.05) is 16.1 Å². The summed E-state index contributed by atoms with van der Waals surface area (Å²) < 4.78 is 33.4. The summed E-state index contributed by atoms with van der Waals surface area (Å²) in [6, 6.07) is 8.24. The Morgan fingerprint density at radius 2 is 1.89 bits per heavy atom. The van der Waals surface area contributed by atoms with Crippen LogP contribution in [-0.2, 0) is 0 Å². The highest BCUT2D eigenvalue weighted by molar-refractivity contribution is 9.10. The first-order valence-corrected chi connectivity index (χ1v) is 6.45. The highest BCUT2D eigenvalue weighted by atomic mass is 79.9. The molecule has 2 N–H and O–H groups in total. The minimum Gasteiger partial charge on any atom is -0.451 e. The van der Waals surface area contributed by atoms with E-state index in [9.17, 15) is 8.78 Å². The van der Waals surface area contributed by atoms with Gasteiger partial charge in [0.2, 0.25) is 0 Å². The summed E-state index contributed by atoms with van der Waals surface area (Å²) in [5, 5.41) is 0. The number of ether oxygens (including phenoxy) is 1. The van der Waals surface area contributed by atoms with E-state index in [0.29, 0.717) is 10.0 Å². The van der Waals surface area contributed by atoms with Gasteiger partial charge < -0.3 is 10.5 Å². The molecule has 0 heterocycles. The molecule has 19 heavy (non-hydrogen) atoms. The fourth-order valence-corrected chi connectivity index (χ4v) is 2.00. The molecule has 0 radical (unpaired) electrons. The summed E-state index contributed by atoms with van der Waals surface area (Å²) in [6.45, 7) is 1.71. The van der Waals surface area contributed by atoms with Crippen LogP contribution in [-0.4, -0.2) is 0 Å². The Morgan fingerprint density at radius 1 is 1.16 bits per heavy atom. The number of para-hydroxylation sites is 1. The number of rotatable bonds is 3. The van der Waals surface area contributed by atoms with Crippen molar-refractivity contribution in [1.82, 2.24) is 0 Å². The lowest BCUT2D eigenvalue weighted by molar-refractivity contribution is 0.407. The molecule has 100 valence electrons. The van der Waals surface area contributed by atoms with Crippen LogP contribution in [0.1, 0.15) is 18.5 Å². The van der Waals surface area contributed by atoms with Gasteiger partial charge in [-0.15, -0.1) is 0 Å². The Hall–Kier alpha value is -1.46. The topological polar surface area (TPSA) is 35.2 Å². The van der Waals surface area contributed by atoms with Gasteiger partial charge in [0.05, 0.1) is 0 Å². The first kappa shape index (κ1) is 14.0. The van der Waals surface area contributed by atoms with E-state index < -0.39 is 17.7 Å². The summed E-state index contributed by atoms with van der Waals surface area (Å²) in [4.78, 5) is 0. The van der Waals surface area contributed by atoms with Crippen molar-refractivity contribution in [1.29, 1.82) is 0 Å². The average Bonchev–Trinajstić information content (AvgIpc) is 2.35. The summed E-state index contributed by atoms with van der Waals surface area (Å²) in [6.07, 6.45) is 0. The first-order chi connectivity index (χ1) is 8.99. The normalized spacial score (nSPS) is 12.3. The molecule has 2 aromatic rings. The van der Waals surface area contributed by atoms with Crippen molar-refractivity contribution in [2.24, 2.45) is 5.73 Å². The Kier molecular flexibility index (Phi) is 4.17. The van der Waals surface area contributed by atoms with Crippen molar-refractivity contribution in [3.8, 4) is 11.5 Å². The van der Waals surface area contributed by atoms with Gasteiger partial charge in [0.15, 0.2) is 23.1 Å². The van der Waals surface area contributed by atoms with Gasteiger partial charge in [-0.25, -0.2) is 8.78 Å². The second kappa shape index (κ2) is 5.67. The predicted molar refractivity (Wildman–Crippen MR) is 73.2 cm³/mol. The molecule has 2 rings (SSSR count). The van der Waals surface area contributed by atoms with E-state index in [1.165, 1.54) is 30.3 Å². The molecule has 5 heteroatoms. The average molecular weight is 328 g/mol. The first-order valence-electron chi connectivity index (χ1n) is 5.66. The van der Waals surface area contributed by atoms with Gasteiger partial charge in [-0.3, -0.25) is 0 Å². The van der Waals surface area contributed by atoms with Crippen LogP contribution in [0.25, 0.3) is 0 Å². The number of benzene rings is 2. The molecule has 2 aromatic carbocycles. The molecule has 0 fully saturated rings. The molecule has 0 amide bonds. The minimum absolute atomic E-state index is 0.0468. The Balaban J connectivity index is 2.46. The van der Waals surface area contributed by atoms with Crippen molar-refractivity contribution >= 4 is 15.9 Å². The number of hydrogen-bond acceptors (Lipinski definition) is 2. The fraction of sp³-hybridized carbons (Fsp3) is 0.143. The number of hydrogen-bond donors (Lipinski definition) is 1. The van der Waals surface area contributed by atoms with E-state index in [1.807, 2.05) is 0 Å². The maximum atomic E-state index is 13.8. The summed E-state index contributed by atoms with van der Waals surface area (Å²) in [7, 11) is 0. The molecule has 0 saturated carbocycles. The maximum absolute atomic E-state index is 13.8. The molecule has 0 unspecified atom stereocenters. The molecule has 0 saturated heterocycles. The molecular weight excluding hydrogens is 316 g/mol. The van der Waals surface area contributed by atoms with Gasteiger partial charge in [0.25, 0.3) is 0 Å². The van der Waals surface area contributed by atoms with Crippen LogP contribution < -0.4 is 10.5 Å². The van der Waals surface area contributed by atoms with E-state index in [-0.39, 0.29) is 11.5 Å². The van der Waals surface area contributed by atoms with E-state index in [4.69, 9.17) is 10.5 Å². The fourth-order valence-electron chi connectivity index (χ4n) is 1.66. The lowest BCUT2D eigenvalue weighted by Crippen LogP contribution is -2.08. The zero-order chi connectivity index (χ0) is 14.0. The maximum Gasteiger partial charge on any atom is 0.167 e. The third kappa shape index (κ3) is 3.11. The van der Waals surface area contributed by atoms with Crippen LogP contribution in [0.2, 0.25) is 0 Å². The zero-order valence-electron chi connectivity index (χ0n) is 10.2. The number of halogens is 3. The standard InChI is InChI=1S/C14H12BrF2NO/c1-8(18)10-3-2-4-12(17)14(10)19-13-7-9(15)5-6-11(13)16/h2-8H,18H2,1H3/t8-/m1/s1. The van der Waals surface area contributed by atoms with Gasteiger partial charge in [-0.1, -0.05) is 28.1 Å². The molecule has 0 aliphatic heterocycles. The van der Waals surface area contributed by atoms with Crippen LogP contribution >= 0.6 is 15.9 Å². The van der Waals surface area contributed by atoms with Gasteiger partial charge in [-0.2, -0.15) is 0 Å². The van der Waals surface area contributed by atoms with Crippen molar-refractivity contribution in [2.75, 3.05) is 0 Å². The van der Waals surface area contributed by atoms with Crippen LogP contribution in [0.4, 0.5) is 8.78 Å². The third-order valence-electron chi connectivity index (χ3n) is 2.59. The molecule has 2 nitrogen and oxygen atoms in total. The highest BCUT2D eigenvalue weighted by Crippen LogP contribution is 2.33. The zero-order valence-corrected chi connectivity index (χ0v) is 11.7. The van der Waals surface area contributed by atoms with Crippen molar-refractivity contribution in [3.05, 3.63) is 58.1 Å².